The molecule has 1 saturated heterocycles. The van der Waals surface area contributed by atoms with Crippen LogP contribution in [-0.2, 0) is 4.74 Å². The first-order valence-corrected chi connectivity index (χ1v) is 4.18. The third-order valence-electron chi connectivity index (χ3n) is 2.12. The second-order valence-electron chi connectivity index (χ2n) is 3.14. The van der Waals surface area contributed by atoms with E-state index in [1.807, 2.05) is 6.92 Å². The van der Waals surface area contributed by atoms with Gasteiger partial charge in [0.1, 0.15) is 0 Å². The van der Waals surface area contributed by atoms with Crippen LogP contribution in [0, 0.1) is 0 Å². The minimum atomic E-state index is -0.377. The Balaban J connectivity index is 2.34. The quantitative estimate of drug-likeness (QED) is 0.610. The molecule has 0 radical (unpaired) electrons. The summed E-state index contributed by atoms with van der Waals surface area (Å²) in [7, 11) is 0. The fourth-order valence-corrected chi connectivity index (χ4v) is 1.44. The highest BCUT2D eigenvalue weighted by molar-refractivity contribution is 4.76. The molecule has 0 aromatic rings. The highest BCUT2D eigenvalue weighted by atomic mass is 16.5. The van der Waals surface area contributed by atoms with E-state index in [1.54, 1.807) is 0 Å². The molecule has 1 heterocycles. The van der Waals surface area contributed by atoms with Gasteiger partial charge in [-0.15, -0.1) is 0 Å². The molecule has 11 heavy (non-hydrogen) atoms. The van der Waals surface area contributed by atoms with Crippen LogP contribution in [0.2, 0.25) is 0 Å². The van der Waals surface area contributed by atoms with Gasteiger partial charge in [-0.3, -0.25) is 0 Å². The van der Waals surface area contributed by atoms with Crippen LogP contribution < -0.4 is 0 Å². The van der Waals surface area contributed by atoms with E-state index in [0.29, 0.717) is 6.42 Å². The molecule has 1 aliphatic heterocycles. The SMILES string of the molecule is C[C@@H]1CCC(O)C(CCO)O1. The van der Waals surface area contributed by atoms with E-state index in [0.717, 1.165) is 12.8 Å². The van der Waals surface area contributed by atoms with Crippen molar-refractivity contribution in [3.8, 4) is 0 Å². The lowest BCUT2D eigenvalue weighted by Gasteiger charge is -2.31. The van der Waals surface area contributed by atoms with Gasteiger partial charge >= 0.3 is 0 Å². The van der Waals surface area contributed by atoms with E-state index in [-0.39, 0.29) is 24.9 Å². The molecule has 1 aliphatic rings. The minimum absolute atomic E-state index is 0.0917. The van der Waals surface area contributed by atoms with E-state index in [9.17, 15) is 5.11 Å². The molecular weight excluding hydrogens is 144 g/mol. The molecule has 0 bridgehead atoms. The smallest absolute Gasteiger partial charge is 0.0859 e. The summed E-state index contributed by atoms with van der Waals surface area (Å²) < 4.78 is 5.43. The van der Waals surface area contributed by atoms with Gasteiger partial charge in [0, 0.05) is 6.61 Å². The summed E-state index contributed by atoms with van der Waals surface area (Å²) in [6, 6.07) is 0. The van der Waals surface area contributed by atoms with Gasteiger partial charge in [-0.1, -0.05) is 0 Å². The average Bonchev–Trinajstić information content (AvgIpc) is 1.98. The maximum Gasteiger partial charge on any atom is 0.0859 e. The van der Waals surface area contributed by atoms with Crippen molar-refractivity contribution in [2.24, 2.45) is 0 Å². The Hall–Kier alpha value is -0.120. The van der Waals surface area contributed by atoms with Gasteiger partial charge in [0.25, 0.3) is 0 Å². The Morgan fingerprint density at radius 2 is 2.18 bits per heavy atom. The van der Waals surface area contributed by atoms with Crippen LogP contribution in [-0.4, -0.2) is 35.1 Å². The molecule has 1 fully saturated rings. The number of aliphatic hydroxyl groups is 2. The van der Waals surface area contributed by atoms with Crippen molar-refractivity contribution >= 4 is 0 Å². The average molecular weight is 160 g/mol. The second kappa shape index (κ2) is 4.04. The molecular formula is C8H16O3. The van der Waals surface area contributed by atoms with Gasteiger partial charge in [-0.05, 0) is 26.2 Å². The van der Waals surface area contributed by atoms with Crippen LogP contribution in [0.5, 0.6) is 0 Å². The summed E-state index contributed by atoms with van der Waals surface area (Å²) in [6.45, 7) is 2.09. The molecule has 0 aromatic heterocycles. The van der Waals surface area contributed by atoms with Gasteiger partial charge in [0.15, 0.2) is 0 Å². The molecule has 3 heteroatoms. The molecule has 3 atom stereocenters. The van der Waals surface area contributed by atoms with Crippen LogP contribution in [0.3, 0.4) is 0 Å². The monoisotopic (exact) mass is 160 g/mol. The minimum Gasteiger partial charge on any atom is -0.396 e. The lowest BCUT2D eigenvalue weighted by atomic mass is 10.00. The first-order valence-electron chi connectivity index (χ1n) is 4.18. The Morgan fingerprint density at radius 1 is 1.45 bits per heavy atom. The number of rotatable bonds is 2. The third kappa shape index (κ3) is 2.43. The fraction of sp³-hybridized carbons (Fsp3) is 1.00. The van der Waals surface area contributed by atoms with Crippen molar-refractivity contribution in [1.82, 2.24) is 0 Å². The predicted octanol–water partition coefficient (Wildman–Crippen LogP) is 0.297. The van der Waals surface area contributed by atoms with Crippen molar-refractivity contribution in [3.05, 3.63) is 0 Å². The lowest BCUT2D eigenvalue weighted by Crippen LogP contribution is -2.38. The van der Waals surface area contributed by atoms with E-state index in [1.165, 1.54) is 0 Å². The summed E-state index contributed by atoms with van der Waals surface area (Å²) in [5, 5.41) is 18.0. The Kier molecular flexibility index (Phi) is 3.30. The summed E-state index contributed by atoms with van der Waals surface area (Å²) >= 11 is 0. The topological polar surface area (TPSA) is 49.7 Å². The maximum absolute atomic E-state index is 9.38. The molecule has 0 spiro atoms. The van der Waals surface area contributed by atoms with E-state index in [2.05, 4.69) is 0 Å². The Morgan fingerprint density at radius 3 is 2.82 bits per heavy atom. The van der Waals surface area contributed by atoms with Crippen LogP contribution in [0.15, 0.2) is 0 Å². The summed E-state index contributed by atoms with van der Waals surface area (Å²) in [5.41, 5.74) is 0. The maximum atomic E-state index is 9.38. The highest BCUT2D eigenvalue weighted by Crippen LogP contribution is 2.20. The zero-order chi connectivity index (χ0) is 8.27. The Bertz CT molecular complexity index is 116. The molecule has 0 amide bonds. The van der Waals surface area contributed by atoms with Crippen molar-refractivity contribution in [1.29, 1.82) is 0 Å². The van der Waals surface area contributed by atoms with Crippen LogP contribution in [0.25, 0.3) is 0 Å². The zero-order valence-electron chi connectivity index (χ0n) is 6.86. The summed E-state index contributed by atoms with van der Waals surface area (Å²) in [6.07, 6.45) is 1.97. The van der Waals surface area contributed by atoms with Crippen LogP contribution >= 0.6 is 0 Å². The predicted molar refractivity (Wildman–Crippen MR) is 41.3 cm³/mol. The molecule has 1 rings (SSSR count). The standard InChI is InChI=1S/C8H16O3/c1-6-2-3-7(10)8(11-6)4-5-9/h6-10H,2-5H2,1H3/t6-,7?,8?/m1/s1. The van der Waals surface area contributed by atoms with Crippen molar-refractivity contribution in [2.45, 2.75) is 44.5 Å². The highest BCUT2D eigenvalue weighted by Gasteiger charge is 2.26. The van der Waals surface area contributed by atoms with Crippen molar-refractivity contribution < 1.29 is 14.9 Å². The molecule has 2 unspecified atom stereocenters. The van der Waals surface area contributed by atoms with Gasteiger partial charge in [0.05, 0.1) is 18.3 Å². The summed E-state index contributed by atoms with van der Waals surface area (Å²) in [5.74, 6) is 0. The molecule has 0 aliphatic carbocycles. The largest absolute Gasteiger partial charge is 0.396 e. The van der Waals surface area contributed by atoms with Crippen LogP contribution in [0.1, 0.15) is 26.2 Å². The first-order chi connectivity index (χ1) is 5.24. The molecule has 66 valence electrons. The van der Waals surface area contributed by atoms with Gasteiger partial charge in [0.2, 0.25) is 0 Å². The summed E-state index contributed by atoms with van der Waals surface area (Å²) in [4.78, 5) is 0. The van der Waals surface area contributed by atoms with Crippen LogP contribution in [0.4, 0.5) is 0 Å². The number of hydrogen-bond donors (Lipinski definition) is 2. The molecule has 0 saturated carbocycles. The normalized spacial score (nSPS) is 39.0. The third-order valence-corrected chi connectivity index (χ3v) is 2.12. The Labute approximate surface area is 67.0 Å². The zero-order valence-corrected chi connectivity index (χ0v) is 6.86. The second-order valence-corrected chi connectivity index (χ2v) is 3.14. The van der Waals surface area contributed by atoms with Crippen molar-refractivity contribution in [2.75, 3.05) is 6.61 Å². The molecule has 3 nitrogen and oxygen atoms in total. The number of ether oxygens (including phenoxy) is 1. The first kappa shape index (κ1) is 8.97. The number of aliphatic hydroxyl groups excluding tert-OH is 2. The van der Waals surface area contributed by atoms with E-state index < -0.39 is 0 Å². The number of hydrogen-bond acceptors (Lipinski definition) is 3. The van der Waals surface area contributed by atoms with Gasteiger partial charge in [-0.25, -0.2) is 0 Å². The van der Waals surface area contributed by atoms with Gasteiger partial charge in [-0.2, -0.15) is 0 Å². The lowest BCUT2D eigenvalue weighted by molar-refractivity contribution is -0.117. The molecule has 0 aromatic carbocycles. The van der Waals surface area contributed by atoms with E-state index >= 15 is 0 Å². The molecule has 2 N–H and O–H groups in total. The fourth-order valence-electron chi connectivity index (χ4n) is 1.44. The van der Waals surface area contributed by atoms with Gasteiger partial charge < -0.3 is 14.9 Å². The van der Waals surface area contributed by atoms with E-state index in [4.69, 9.17) is 9.84 Å². The van der Waals surface area contributed by atoms with Crippen molar-refractivity contribution in [3.63, 3.8) is 0 Å².